The van der Waals surface area contributed by atoms with Gasteiger partial charge >= 0.3 is 5.97 Å². The van der Waals surface area contributed by atoms with Crippen LogP contribution in [0.3, 0.4) is 0 Å². The summed E-state index contributed by atoms with van der Waals surface area (Å²) in [4.78, 5) is 24.3. The number of hydrogen-bond donors (Lipinski definition) is 1. The number of rotatable bonds is 7. The molecule has 1 aromatic carbocycles. The van der Waals surface area contributed by atoms with Crippen LogP contribution in [0.5, 0.6) is 0 Å². The van der Waals surface area contributed by atoms with Gasteiger partial charge in [-0.3, -0.25) is 4.79 Å². The van der Waals surface area contributed by atoms with Crippen molar-refractivity contribution in [1.82, 2.24) is 19.4 Å². The fraction of sp³-hybridized carbons (Fsp3) is 0.381. The predicted molar refractivity (Wildman–Crippen MR) is 119 cm³/mol. The molecule has 30 heavy (non-hydrogen) atoms. The van der Waals surface area contributed by atoms with Crippen LogP contribution in [0.4, 0.5) is 5.82 Å². The maximum atomic E-state index is 10.9. The number of imidazole rings is 1. The highest BCUT2D eigenvalue weighted by Crippen LogP contribution is 2.36. The Morgan fingerprint density at radius 1 is 1.37 bits per heavy atom. The lowest BCUT2D eigenvalue weighted by Gasteiger charge is -2.30. The molecule has 0 unspecified atom stereocenters. The minimum atomic E-state index is -0.780. The largest absolute Gasteiger partial charge is 0.481 e. The zero-order valence-electron chi connectivity index (χ0n) is 16.6. The molecular weight excluding hydrogens is 425 g/mol. The normalized spacial score (nSPS) is 16.7. The molecule has 2 aromatic heterocycles. The maximum Gasteiger partial charge on any atom is 0.304 e. The van der Waals surface area contributed by atoms with Crippen LogP contribution in [-0.4, -0.2) is 63.2 Å². The SMILES string of the molecule is CN(CCC(=O)O)C[C@@H]1CCCN1c1cc(-n2ccnc2)c2ccc(Cl)c(Cl)c2n1. The zero-order valence-corrected chi connectivity index (χ0v) is 18.1. The lowest BCUT2D eigenvalue weighted by atomic mass is 10.1. The Labute approximate surface area is 184 Å². The molecule has 1 N–H and O–H groups in total. The first-order valence-corrected chi connectivity index (χ1v) is 10.6. The van der Waals surface area contributed by atoms with Crippen LogP contribution in [0.1, 0.15) is 19.3 Å². The zero-order chi connectivity index (χ0) is 21.3. The average molecular weight is 448 g/mol. The maximum absolute atomic E-state index is 10.9. The molecule has 7 nitrogen and oxygen atoms in total. The van der Waals surface area contributed by atoms with Gasteiger partial charge in [0.15, 0.2) is 0 Å². The number of carbonyl (C=O) groups is 1. The molecule has 0 radical (unpaired) electrons. The smallest absolute Gasteiger partial charge is 0.304 e. The quantitative estimate of drug-likeness (QED) is 0.587. The molecule has 0 spiro atoms. The lowest BCUT2D eigenvalue weighted by molar-refractivity contribution is -0.137. The van der Waals surface area contributed by atoms with Crippen molar-refractivity contribution >= 4 is 45.9 Å². The molecule has 1 aliphatic rings. The second-order valence-electron chi connectivity index (χ2n) is 7.62. The molecule has 3 aromatic rings. The van der Waals surface area contributed by atoms with Crippen LogP contribution in [-0.2, 0) is 4.79 Å². The van der Waals surface area contributed by atoms with Crippen molar-refractivity contribution in [3.63, 3.8) is 0 Å². The third-order valence-electron chi connectivity index (χ3n) is 5.52. The van der Waals surface area contributed by atoms with Crippen molar-refractivity contribution in [3.8, 4) is 5.69 Å². The van der Waals surface area contributed by atoms with Crippen LogP contribution in [0.2, 0.25) is 10.0 Å². The van der Waals surface area contributed by atoms with Crippen molar-refractivity contribution in [2.75, 3.05) is 31.6 Å². The number of pyridine rings is 1. The monoisotopic (exact) mass is 447 g/mol. The predicted octanol–water partition coefficient (Wildman–Crippen LogP) is 4.10. The summed E-state index contributed by atoms with van der Waals surface area (Å²) in [5.41, 5.74) is 1.60. The second-order valence-corrected chi connectivity index (χ2v) is 8.41. The highest BCUT2D eigenvalue weighted by Gasteiger charge is 2.28. The Kier molecular flexibility index (Phi) is 6.13. The minimum Gasteiger partial charge on any atom is -0.481 e. The molecule has 1 atom stereocenters. The van der Waals surface area contributed by atoms with Crippen LogP contribution >= 0.6 is 23.2 Å². The third kappa shape index (κ3) is 4.24. The van der Waals surface area contributed by atoms with E-state index < -0.39 is 5.97 Å². The average Bonchev–Trinajstić information content (AvgIpc) is 3.41. The van der Waals surface area contributed by atoms with Gasteiger partial charge in [-0.1, -0.05) is 23.2 Å². The van der Waals surface area contributed by atoms with Crippen molar-refractivity contribution in [3.05, 3.63) is 47.0 Å². The van der Waals surface area contributed by atoms with Crippen LogP contribution in [0.25, 0.3) is 16.6 Å². The number of carboxylic acid groups (broad SMARTS) is 1. The van der Waals surface area contributed by atoms with Crippen molar-refractivity contribution in [1.29, 1.82) is 0 Å². The van der Waals surface area contributed by atoms with Gasteiger partial charge in [0.1, 0.15) is 5.82 Å². The van der Waals surface area contributed by atoms with E-state index in [1.165, 1.54) is 0 Å². The molecule has 9 heteroatoms. The minimum absolute atomic E-state index is 0.135. The van der Waals surface area contributed by atoms with E-state index in [2.05, 4.69) is 20.9 Å². The summed E-state index contributed by atoms with van der Waals surface area (Å²) in [6, 6.07) is 6.02. The number of nitrogens with zero attached hydrogens (tertiary/aromatic N) is 5. The van der Waals surface area contributed by atoms with Gasteiger partial charge < -0.3 is 19.5 Å². The fourth-order valence-electron chi connectivity index (χ4n) is 4.03. The Bertz CT molecular complexity index is 1060. The summed E-state index contributed by atoms with van der Waals surface area (Å²) in [7, 11) is 1.96. The number of aromatic nitrogens is 3. The van der Waals surface area contributed by atoms with E-state index in [1.807, 2.05) is 23.9 Å². The Balaban J connectivity index is 1.71. The highest BCUT2D eigenvalue weighted by atomic mass is 35.5. The third-order valence-corrected chi connectivity index (χ3v) is 6.32. The first-order valence-electron chi connectivity index (χ1n) is 9.88. The van der Waals surface area contributed by atoms with E-state index in [1.54, 1.807) is 18.6 Å². The van der Waals surface area contributed by atoms with Crippen molar-refractivity contribution < 1.29 is 9.90 Å². The number of hydrogen-bond acceptors (Lipinski definition) is 5. The summed E-state index contributed by atoms with van der Waals surface area (Å²) < 4.78 is 1.95. The van der Waals surface area contributed by atoms with Crippen LogP contribution in [0, 0.1) is 0 Å². The van der Waals surface area contributed by atoms with Crippen molar-refractivity contribution in [2.45, 2.75) is 25.3 Å². The van der Waals surface area contributed by atoms with Crippen LogP contribution < -0.4 is 4.90 Å². The van der Waals surface area contributed by atoms with Crippen LogP contribution in [0.15, 0.2) is 36.9 Å². The summed E-state index contributed by atoms with van der Waals surface area (Å²) in [5.74, 6) is 0.0577. The summed E-state index contributed by atoms with van der Waals surface area (Å²) >= 11 is 12.8. The molecule has 1 saturated heterocycles. The second kappa shape index (κ2) is 8.79. The van der Waals surface area contributed by atoms with Gasteiger partial charge in [-0.15, -0.1) is 0 Å². The topological polar surface area (TPSA) is 74.5 Å². The lowest BCUT2D eigenvalue weighted by Crippen LogP contribution is -2.40. The molecule has 0 bridgehead atoms. The summed E-state index contributed by atoms with van der Waals surface area (Å²) in [5, 5.41) is 10.8. The van der Waals surface area contributed by atoms with Gasteiger partial charge in [0, 0.05) is 49.5 Å². The number of benzene rings is 1. The number of halogens is 2. The van der Waals surface area contributed by atoms with Crippen molar-refractivity contribution in [2.24, 2.45) is 0 Å². The fourth-order valence-corrected chi connectivity index (χ4v) is 4.39. The molecule has 0 aliphatic carbocycles. The Hall–Kier alpha value is -2.35. The molecule has 158 valence electrons. The van der Waals surface area contributed by atoms with Gasteiger partial charge in [0.05, 0.1) is 34.0 Å². The van der Waals surface area contributed by atoms with Gasteiger partial charge in [-0.2, -0.15) is 0 Å². The van der Waals surface area contributed by atoms with E-state index in [-0.39, 0.29) is 12.5 Å². The van der Waals surface area contributed by atoms with Gasteiger partial charge in [0.2, 0.25) is 0 Å². The van der Waals surface area contributed by atoms with Gasteiger partial charge in [0.25, 0.3) is 0 Å². The molecule has 0 amide bonds. The Morgan fingerprint density at radius 3 is 2.93 bits per heavy atom. The van der Waals surface area contributed by atoms with E-state index in [0.29, 0.717) is 22.1 Å². The van der Waals surface area contributed by atoms with E-state index in [9.17, 15) is 4.79 Å². The van der Waals surface area contributed by atoms with Gasteiger partial charge in [-0.25, -0.2) is 9.97 Å². The highest BCUT2D eigenvalue weighted by molar-refractivity contribution is 6.45. The number of carboxylic acids is 1. The number of anilines is 1. The summed E-state index contributed by atoms with van der Waals surface area (Å²) in [6.07, 6.45) is 7.60. The van der Waals surface area contributed by atoms with Gasteiger partial charge in [-0.05, 0) is 32.0 Å². The molecule has 0 saturated carbocycles. The molecule has 3 heterocycles. The number of aliphatic carboxylic acids is 1. The van der Waals surface area contributed by atoms with E-state index in [0.717, 1.165) is 42.8 Å². The standard InChI is InChI=1S/C21H23Cl2N5O2/c1-26(9-6-19(29)30)12-14-3-2-8-28(14)18-11-17(27-10-7-24-13-27)15-4-5-16(22)20(23)21(15)25-18/h4-5,7,10-11,13-14H,2-3,6,8-9,12H2,1H3,(H,29,30)/t14-/m0/s1. The van der Waals surface area contributed by atoms with E-state index >= 15 is 0 Å². The molecule has 1 aliphatic heterocycles. The first kappa shape index (κ1) is 20.9. The first-order chi connectivity index (χ1) is 14.4. The Morgan fingerprint density at radius 2 is 2.20 bits per heavy atom. The molecular formula is C21H23Cl2N5O2. The molecule has 1 fully saturated rings. The van der Waals surface area contributed by atoms with E-state index in [4.69, 9.17) is 33.3 Å². The summed E-state index contributed by atoms with van der Waals surface area (Å²) in [6.45, 7) is 2.18. The molecule has 4 rings (SSSR count). The number of fused-ring (bicyclic) bond motifs is 1. The number of likely N-dealkylation sites (N-methyl/N-ethyl adjacent to an activating group) is 1.